The normalized spacial score (nSPS) is 15.6. The molecular weight excluding hydrogens is 507 g/mol. The standard InChI is InChI=1S/C29H29FN2O5S/c1-18(33)23-15-25-26(37-17-36-25)16-24(23)32(27(34)14-22-8-5-13-38-22)28(19-9-11-20(30)12-10-19)29(35)31-21-6-3-2-4-7-21/h5,8-13,15-16,21,28H,2-4,6-7,14,17H2,1H3,(H,31,35)/t28-/m0/s1. The highest BCUT2D eigenvalue weighted by atomic mass is 32.1. The molecule has 1 fully saturated rings. The van der Waals surface area contributed by atoms with Crippen molar-refractivity contribution in [1.82, 2.24) is 5.32 Å². The second kappa shape index (κ2) is 11.3. The van der Waals surface area contributed by atoms with Crippen LogP contribution in [0, 0.1) is 5.82 Å². The minimum atomic E-state index is -1.14. The lowest BCUT2D eigenvalue weighted by Gasteiger charge is -2.34. The molecule has 1 aliphatic heterocycles. The van der Waals surface area contributed by atoms with Gasteiger partial charge in [0.15, 0.2) is 17.3 Å². The van der Waals surface area contributed by atoms with Gasteiger partial charge in [0.2, 0.25) is 18.6 Å². The van der Waals surface area contributed by atoms with Gasteiger partial charge in [-0.3, -0.25) is 19.3 Å². The lowest BCUT2D eigenvalue weighted by molar-refractivity contribution is -0.127. The molecule has 9 heteroatoms. The van der Waals surface area contributed by atoms with Gasteiger partial charge in [0.25, 0.3) is 0 Å². The van der Waals surface area contributed by atoms with Crippen molar-refractivity contribution in [1.29, 1.82) is 0 Å². The van der Waals surface area contributed by atoms with Crippen LogP contribution in [0.25, 0.3) is 0 Å². The molecular formula is C29H29FN2O5S. The monoisotopic (exact) mass is 536 g/mol. The van der Waals surface area contributed by atoms with Gasteiger partial charge < -0.3 is 14.8 Å². The van der Waals surface area contributed by atoms with Gasteiger partial charge in [-0.05, 0) is 55.0 Å². The van der Waals surface area contributed by atoms with E-state index in [1.807, 2.05) is 17.5 Å². The first-order chi connectivity index (χ1) is 18.4. The maximum absolute atomic E-state index is 14.1. The van der Waals surface area contributed by atoms with Crippen molar-refractivity contribution in [2.45, 2.75) is 57.5 Å². The molecule has 198 valence electrons. The zero-order chi connectivity index (χ0) is 26.6. The molecule has 1 saturated carbocycles. The van der Waals surface area contributed by atoms with Gasteiger partial charge in [-0.25, -0.2) is 4.39 Å². The highest BCUT2D eigenvalue weighted by Gasteiger charge is 2.37. The molecule has 1 N–H and O–H groups in total. The Kier molecular flexibility index (Phi) is 7.74. The molecule has 38 heavy (non-hydrogen) atoms. The van der Waals surface area contributed by atoms with E-state index in [2.05, 4.69) is 5.32 Å². The lowest BCUT2D eigenvalue weighted by Crippen LogP contribution is -2.48. The molecule has 1 atom stereocenters. The molecule has 0 saturated heterocycles. The number of rotatable bonds is 8. The second-order valence-electron chi connectivity index (χ2n) is 9.60. The number of benzene rings is 2. The SMILES string of the molecule is CC(=O)c1cc2c(cc1N(C(=O)Cc1cccs1)[C@H](C(=O)NC1CCCCC1)c1ccc(F)cc1)OCO2. The first-order valence-electron chi connectivity index (χ1n) is 12.8. The molecule has 0 unspecified atom stereocenters. The predicted molar refractivity (Wildman–Crippen MR) is 142 cm³/mol. The first kappa shape index (κ1) is 25.9. The number of Topliss-reactive ketones (excluding diaryl/α,β-unsaturated/α-hetero) is 1. The number of nitrogens with one attached hydrogen (secondary N) is 1. The number of ketones is 1. The minimum Gasteiger partial charge on any atom is -0.454 e. The van der Waals surface area contributed by atoms with Gasteiger partial charge in [-0.1, -0.05) is 37.5 Å². The maximum Gasteiger partial charge on any atom is 0.248 e. The third-order valence-corrected chi connectivity index (χ3v) is 7.82. The second-order valence-corrected chi connectivity index (χ2v) is 10.6. The van der Waals surface area contributed by atoms with E-state index in [-0.39, 0.29) is 48.1 Å². The first-order valence-corrected chi connectivity index (χ1v) is 13.6. The van der Waals surface area contributed by atoms with E-state index in [0.29, 0.717) is 17.1 Å². The molecule has 2 aromatic carbocycles. The zero-order valence-corrected chi connectivity index (χ0v) is 21.9. The Labute approximate surface area is 224 Å². The number of anilines is 1. The Morgan fingerprint density at radius 1 is 1.05 bits per heavy atom. The Hall–Kier alpha value is -3.72. The molecule has 2 heterocycles. The summed E-state index contributed by atoms with van der Waals surface area (Å²) in [5.41, 5.74) is 0.911. The fourth-order valence-corrected chi connectivity index (χ4v) is 5.76. The van der Waals surface area contributed by atoms with E-state index in [0.717, 1.165) is 37.0 Å². The molecule has 2 aliphatic rings. The summed E-state index contributed by atoms with van der Waals surface area (Å²) in [5, 5.41) is 5.01. The Bertz CT molecular complexity index is 1320. The van der Waals surface area contributed by atoms with Crippen LogP contribution in [-0.4, -0.2) is 30.4 Å². The number of hydrogen-bond acceptors (Lipinski definition) is 6. The van der Waals surface area contributed by atoms with Crippen LogP contribution in [0.15, 0.2) is 53.9 Å². The summed E-state index contributed by atoms with van der Waals surface area (Å²) in [6.45, 7) is 1.39. The van der Waals surface area contributed by atoms with Crippen LogP contribution in [0.4, 0.5) is 10.1 Å². The molecule has 0 radical (unpaired) electrons. The van der Waals surface area contributed by atoms with Gasteiger partial charge in [-0.2, -0.15) is 0 Å². The molecule has 1 aromatic heterocycles. The topological polar surface area (TPSA) is 84.9 Å². The van der Waals surface area contributed by atoms with E-state index in [9.17, 15) is 18.8 Å². The summed E-state index contributed by atoms with van der Waals surface area (Å²) in [7, 11) is 0. The average Bonchev–Trinajstić information content (AvgIpc) is 3.59. The third-order valence-electron chi connectivity index (χ3n) is 6.95. The van der Waals surface area contributed by atoms with Crippen LogP contribution in [0.5, 0.6) is 11.5 Å². The number of carbonyl (C=O) groups is 3. The van der Waals surface area contributed by atoms with Crippen LogP contribution in [0.2, 0.25) is 0 Å². The average molecular weight is 537 g/mol. The smallest absolute Gasteiger partial charge is 0.248 e. The highest BCUT2D eigenvalue weighted by molar-refractivity contribution is 7.10. The number of nitrogens with zero attached hydrogens (tertiary/aromatic N) is 1. The molecule has 3 aromatic rings. The van der Waals surface area contributed by atoms with E-state index in [4.69, 9.17) is 9.47 Å². The van der Waals surface area contributed by atoms with Crippen molar-refractivity contribution in [2.75, 3.05) is 11.7 Å². The van der Waals surface area contributed by atoms with Crippen molar-refractivity contribution in [3.63, 3.8) is 0 Å². The van der Waals surface area contributed by atoms with Gasteiger partial charge >= 0.3 is 0 Å². The van der Waals surface area contributed by atoms with E-state index >= 15 is 0 Å². The largest absolute Gasteiger partial charge is 0.454 e. The summed E-state index contributed by atoms with van der Waals surface area (Å²) in [6, 6.07) is 11.2. The van der Waals surface area contributed by atoms with Crippen LogP contribution in [-0.2, 0) is 16.0 Å². The Morgan fingerprint density at radius 2 is 1.76 bits per heavy atom. The fourth-order valence-electron chi connectivity index (χ4n) is 5.07. The van der Waals surface area contributed by atoms with Gasteiger partial charge in [-0.15, -0.1) is 11.3 Å². The molecule has 7 nitrogen and oxygen atoms in total. The fraction of sp³-hybridized carbons (Fsp3) is 0.345. The van der Waals surface area contributed by atoms with Crippen molar-refractivity contribution in [3.05, 3.63) is 75.7 Å². The van der Waals surface area contributed by atoms with Crippen molar-refractivity contribution >= 4 is 34.6 Å². The zero-order valence-electron chi connectivity index (χ0n) is 21.1. The van der Waals surface area contributed by atoms with Crippen LogP contribution in [0.3, 0.4) is 0 Å². The van der Waals surface area contributed by atoms with Crippen LogP contribution in [0.1, 0.15) is 65.9 Å². The van der Waals surface area contributed by atoms with Crippen molar-refractivity contribution < 1.29 is 28.2 Å². The van der Waals surface area contributed by atoms with Crippen LogP contribution < -0.4 is 19.7 Å². The van der Waals surface area contributed by atoms with E-state index in [1.54, 1.807) is 12.1 Å². The maximum atomic E-state index is 14.1. The number of ether oxygens (including phenoxy) is 2. The Morgan fingerprint density at radius 3 is 2.42 bits per heavy atom. The highest BCUT2D eigenvalue weighted by Crippen LogP contribution is 2.41. The number of thiophene rings is 1. The Balaban J connectivity index is 1.64. The molecule has 5 rings (SSSR count). The summed E-state index contributed by atoms with van der Waals surface area (Å²) in [4.78, 5) is 43.1. The van der Waals surface area contributed by atoms with Gasteiger partial charge in [0, 0.05) is 22.5 Å². The van der Waals surface area contributed by atoms with Crippen molar-refractivity contribution in [2.24, 2.45) is 0 Å². The van der Waals surface area contributed by atoms with E-state index in [1.165, 1.54) is 47.4 Å². The molecule has 1 aliphatic carbocycles. The summed E-state index contributed by atoms with van der Waals surface area (Å²) < 4.78 is 25.0. The summed E-state index contributed by atoms with van der Waals surface area (Å²) >= 11 is 1.43. The third kappa shape index (κ3) is 5.57. The summed E-state index contributed by atoms with van der Waals surface area (Å²) in [6.07, 6.45) is 4.89. The number of amides is 2. The van der Waals surface area contributed by atoms with Gasteiger partial charge in [0.1, 0.15) is 11.9 Å². The quantitative estimate of drug-likeness (QED) is 0.380. The molecule has 0 spiro atoms. The number of fused-ring (bicyclic) bond motifs is 1. The number of carbonyl (C=O) groups excluding carboxylic acids is 3. The van der Waals surface area contributed by atoms with Crippen LogP contribution >= 0.6 is 11.3 Å². The van der Waals surface area contributed by atoms with Crippen molar-refractivity contribution in [3.8, 4) is 11.5 Å². The van der Waals surface area contributed by atoms with E-state index < -0.39 is 11.9 Å². The predicted octanol–water partition coefficient (Wildman–Crippen LogP) is 5.58. The molecule has 2 amide bonds. The van der Waals surface area contributed by atoms with Gasteiger partial charge in [0.05, 0.1) is 12.1 Å². The summed E-state index contributed by atoms with van der Waals surface area (Å²) in [5.74, 6) is -0.724. The number of halogens is 1. The molecule has 0 bridgehead atoms. The number of hydrogen-bond donors (Lipinski definition) is 1. The minimum absolute atomic E-state index is 0.0111. The lowest BCUT2D eigenvalue weighted by atomic mass is 9.94.